The number of hydrogen-bond acceptors (Lipinski definition) is 1. The minimum Gasteiger partial charge on any atom is -0.341 e. The minimum atomic E-state index is 0.791. The Kier molecular flexibility index (Phi) is 4.89. The highest BCUT2D eigenvalue weighted by atomic mass is 79.9. The van der Waals surface area contributed by atoms with Crippen LogP contribution < -0.4 is 4.90 Å². The van der Waals surface area contributed by atoms with Gasteiger partial charge in [0.1, 0.15) is 0 Å². The van der Waals surface area contributed by atoms with Gasteiger partial charge >= 0.3 is 0 Å². The highest BCUT2D eigenvalue weighted by molar-refractivity contribution is 9.08. The number of benzene rings is 2. The highest BCUT2D eigenvalue weighted by Gasteiger charge is 2.11. The van der Waals surface area contributed by atoms with Crippen LogP contribution in [-0.2, 0) is 5.33 Å². The molecular formula is C16H17BrClN. The molecule has 0 aromatic heterocycles. The van der Waals surface area contributed by atoms with E-state index < -0.39 is 0 Å². The largest absolute Gasteiger partial charge is 0.341 e. The molecule has 0 aliphatic carbocycles. The third-order valence-electron chi connectivity index (χ3n) is 3.12. The molecule has 0 atom stereocenters. The van der Waals surface area contributed by atoms with Gasteiger partial charge in [0.2, 0.25) is 0 Å². The number of nitrogens with zero attached hydrogens (tertiary/aromatic N) is 1. The van der Waals surface area contributed by atoms with E-state index in [0.29, 0.717) is 0 Å². The lowest BCUT2D eigenvalue weighted by molar-refractivity contribution is 1.02. The maximum atomic E-state index is 6.40. The fourth-order valence-electron chi connectivity index (χ4n) is 2.07. The summed E-state index contributed by atoms with van der Waals surface area (Å²) in [5, 5.41) is 1.61. The molecule has 0 bridgehead atoms. The molecule has 3 heteroatoms. The van der Waals surface area contributed by atoms with Gasteiger partial charge in [-0.15, -0.1) is 0 Å². The Morgan fingerprint density at radius 3 is 2.32 bits per heavy atom. The number of alkyl halides is 1. The molecule has 2 aromatic rings. The van der Waals surface area contributed by atoms with Gasteiger partial charge in [-0.3, -0.25) is 0 Å². The Hall–Kier alpha value is -0.990. The van der Waals surface area contributed by atoms with Gasteiger partial charge in [-0.1, -0.05) is 51.3 Å². The fourth-order valence-corrected chi connectivity index (χ4v) is 2.72. The van der Waals surface area contributed by atoms with E-state index in [-0.39, 0.29) is 0 Å². The molecule has 0 spiro atoms. The number of hydrogen-bond donors (Lipinski definition) is 0. The molecule has 2 rings (SSSR count). The van der Waals surface area contributed by atoms with Gasteiger partial charge in [0.25, 0.3) is 0 Å². The zero-order valence-corrected chi connectivity index (χ0v) is 13.5. The summed E-state index contributed by atoms with van der Waals surface area (Å²) in [6.07, 6.45) is 0. The normalized spacial score (nSPS) is 10.5. The summed E-state index contributed by atoms with van der Waals surface area (Å²) in [4.78, 5) is 2.22. The molecule has 100 valence electrons. The average Bonchev–Trinajstić information content (AvgIpc) is 2.43. The minimum absolute atomic E-state index is 0.791. The third-order valence-corrected chi connectivity index (χ3v) is 4.07. The molecule has 0 fully saturated rings. The molecule has 0 N–H and O–H groups in total. The topological polar surface area (TPSA) is 3.24 Å². The van der Waals surface area contributed by atoms with Crippen molar-refractivity contribution < 1.29 is 0 Å². The van der Waals surface area contributed by atoms with E-state index in [0.717, 1.165) is 22.6 Å². The second kappa shape index (κ2) is 6.44. The number of halogens is 2. The van der Waals surface area contributed by atoms with Gasteiger partial charge < -0.3 is 4.90 Å². The Balaban J connectivity index is 2.39. The van der Waals surface area contributed by atoms with Crippen molar-refractivity contribution >= 4 is 38.9 Å². The molecule has 0 radical (unpaired) electrons. The van der Waals surface area contributed by atoms with Crippen LogP contribution in [0.25, 0.3) is 0 Å². The first kappa shape index (κ1) is 14.4. The number of anilines is 2. The van der Waals surface area contributed by atoms with Crippen molar-refractivity contribution in [2.45, 2.75) is 19.2 Å². The smallest absolute Gasteiger partial charge is 0.0646 e. The molecule has 0 saturated heterocycles. The number of aryl methyl sites for hydroxylation is 1. The van der Waals surface area contributed by atoms with Crippen molar-refractivity contribution in [1.82, 2.24) is 0 Å². The van der Waals surface area contributed by atoms with Gasteiger partial charge in [0.05, 0.1) is 10.7 Å². The lowest BCUT2D eigenvalue weighted by Gasteiger charge is -2.24. The molecule has 0 aliphatic heterocycles. The molecule has 0 unspecified atom stereocenters. The zero-order chi connectivity index (χ0) is 13.8. The first-order valence-corrected chi connectivity index (χ1v) is 7.84. The Morgan fingerprint density at radius 1 is 1.11 bits per heavy atom. The zero-order valence-electron chi connectivity index (χ0n) is 11.2. The van der Waals surface area contributed by atoms with Gasteiger partial charge in [-0.05, 0) is 43.7 Å². The van der Waals surface area contributed by atoms with Crippen LogP contribution in [0.2, 0.25) is 5.02 Å². The van der Waals surface area contributed by atoms with Crippen molar-refractivity contribution in [3.63, 3.8) is 0 Å². The van der Waals surface area contributed by atoms with Crippen molar-refractivity contribution in [1.29, 1.82) is 0 Å². The molecule has 19 heavy (non-hydrogen) atoms. The van der Waals surface area contributed by atoms with E-state index >= 15 is 0 Å². The van der Waals surface area contributed by atoms with Crippen LogP contribution >= 0.6 is 27.5 Å². The van der Waals surface area contributed by atoms with Crippen LogP contribution in [-0.4, -0.2) is 6.54 Å². The predicted molar refractivity (Wildman–Crippen MR) is 87.9 cm³/mol. The van der Waals surface area contributed by atoms with Crippen LogP contribution in [0.15, 0.2) is 42.5 Å². The van der Waals surface area contributed by atoms with E-state index in [1.807, 2.05) is 6.07 Å². The Bertz CT molecular complexity index is 551. The summed E-state index contributed by atoms with van der Waals surface area (Å²) in [5.74, 6) is 0. The SMILES string of the molecule is CCN(c1ccc(C)cc1)c1ccc(CBr)cc1Cl. The van der Waals surface area contributed by atoms with Crippen molar-refractivity contribution in [2.75, 3.05) is 11.4 Å². The van der Waals surface area contributed by atoms with Gasteiger partial charge in [-0.25, -0.2) is 0 Å². The Labute approximate surface area is 128 Å². The van der Waals surface area contributed by atoms with Crippen LogP contribution in [0.3, 0.4) is 0 Å². The van der Waals surface area contributed by atoms with Crippen LogP contribution in [0.1, 0.15) is 18.1 Å². The molecule has 0 amide bonds. The molecule has 0 heterocycles. The summed E-state index contributed by atoms with van der Waals surface area (Å²) in [6, 6.07) is 14.7. The molecular weight excluding hydrogens is 322 g/mol. The second-order valence-corrected chi connectivity index (χ2v) is 5.47. The fraction of sp³-hybridized carbons (Fsp3) is 0.250. The van der Waals surface area contributed by atoms with E-state index in [1.54, 1.807) is 0 Å². The maximum absolute atomic E-state index is 6.40. The summed E-state index contributed by atoms with van der Waals surface area (Å²) < 4.78 is 0. The summed E-state index contributed by atoms with van der Waals surface area (Å²) >= 11 is 9.85. The quantitative estimate of drug-likeness (QED) is 0.646. The third kappa shape index (κ3) is 3.31. The van der Waals surface area contributed by atoms with E-state index in [1.165, 1.54) is 16.8 Å². The van der Waals surface area contributed by atoms with E-state index in [2.05, 4.69) is 71.1 Å². The van der Waals surface area contributed by atoms with Gasteiger partial charge in [0.15, 0.2) is 0 Å². The van der Waals surface area contributed by atoms with Crippen molar-refractivity contribution in [2.24, 2.45) is 0 Å². The summed E-state index contributed by atoms with van der Waals surface area (Å²) in [5.41, 5.74) is 4.67. The monoisotopic (exact) mass is 337 g/mol. The van der Waals surface area contributed by atoms with E-state index in [4.69, 9.17) is 11.6 Å². The standard InChI is InChI=1S/C16H17BrClN/c1-3-19(14-7-4-12(2)5-8-14)16-9-6-13(11-17)10-15(16)18/h4-10H,3,11H2,1-2H3. The Morgan fingerprint density at radius 2 is 1.79 bits per heavy atom. The predicted octanol–water partition coefficient (Wildman–Crippen LogP) is 5.70. The van der Waals surface area contributed by atoms with Crippen molar-refractivity contribution in [3.05, 3.63) is 58.6 Å². The highest BCUT2D eigenvalue weighted by Crippen LogP contribution is 2.32. The van der Waals surface area contributed by atoms with Crippen LogP contribution in [0.5, 0.6) is 0 Å². The van der Waals surface area contributed by atoms with Crippen molar-refractivity contribution in [3.8, 4) is 0 Å². The molecule has 0 aliphatic rings. The van der Waals surface area contributed by atoms with E-state index in [9.17, 15) is 0 Å². The first-order valence-electron chi connectivity index (χ1n) is 6.34. The second-order valence-electron chi connectivity index (χ2n) is 4.50. The lowest BCUT2D eigenvalue weighted by atomic mass is 10.1. The van der Waals surface area contributed by atoms with Crippen LogP contribution in [0.4, 0.5) is 11.4 Å². The lowest BCUT2D eigenvalue weighted by Crippen LogP contribution is -2.16. The molecule has 0 saturated carbocycles. The van der Waals surface area contributed by atoms with Gasteiger partial charge in [0, 0.05) is 17.6 Å². The molecule has 2 aromatic carbocycles. The maximum Gasteiger partial charge on any atom is 0.0646 e. The summed E-state index contributed by atoms with van der Waals surface area (Å²) in [7, 11) is 0. The van der Waals surface area contributed by atoms with Gasteiger partial charge in [-0.2, -0.15) is 0 Å². The van der Waals surface area contributed by atoms with Crippen LogP contribution in [0, 0.1) is 6.92 Å². The molecule has 1 nitrogen and oxygen atoms in total. The first-order chi connectivity index (χ1) is 9.15. The number of rotatable bonds is 4. The summed E-state index contributed by atoms with van der Waals surface area (Å²) in [6.45, 7) is 5.11. The average molecular weight is 339 g/mol.